The van der Waals surface area contributed by atoms with Crippen LogP contribution in [0.1, 0.15) is 78.6 Å². The van der Waals surface area contributed by atoms with Gasteiger partial charge in [0.1, 0.15) is 0 Å². The minimum absolute atomic E-state index is 0.0839. The molecule has 0 unspecified atom stereocenters. The van der Waals surface area contributed by atoms with Gasteiger partial charge in [-0.15, -0.1) is 0 Å². The molecule has 3 N–H and O–H groups in total. The molecule has 2 aliphatic carbocycles. The number of rotatable bonds is 8. The van der Waals surface area contributed by atoms with Gasteiger partial charge in [-0.2, -0.15) is 0 Å². The first-order valence-electron chi connectivity index (χ1n) is 11.5. The molecule has 2 aliphatic rings. The highest BCUT2D eigenvalue weighted by Crippen LogP contribution is 2.29. The van der Waals surface area contributed by atoms with Crippen molar-refractivity contribution in [3.8, 4) is 0 Å². The van der Waals surface area contributed by atoms with E-state index in [-0.39, 0.29) is 10.8 Å². The van der Waals surface area contributed by atoms with Crippen LogP contribution in [0.15, 0.2) is 29.2 Å². The minimum Gasteiger partial charge on any atom is -0.385 e. The van der Waals surface area contributed by atoms with E-state index in [9.17, 15) is 8.42 Å². The van der Waals surface area contributed by atoms with Crippen LogP contribution in [0.2, 0.25) is 0 Å². The summed E-state index contributed by atoms with van der Waals surface area (Å²) in [6, 6.07) is 7.96. The minimum atomic E-state index is -3.45. The topological polar surface area (TPSA) is 70.2 Å². The van der Waals surface area contributed by atoms with Crippen LogP contribution in [0.3, 0.4) is 0 Å². The molecule has 0 aromatic heterocycles. The Morgan fingerprint density at radius 3 is 2.33 bits per heavy atom. The summed E-state index contributed by atoms with van der Waals surface area (Å²) in [5.41, 5.74) is 0.894. The monoisotopic (exact) mass is 453 g/mol. The lowest BCUT2D eigenvalue weighted by atomic mass is 9.86. The van der Waals surface area contributed by atoms with Gasteiger partial charge in [-0.05, 0) is 83.4 Å². The number of hydrogen-bond acceptors (Lipinski definition) is 5. The third-order valence-electron chi connectivity index (χ3n) is 6.04. The van der Waals surface area contributed by atoms with Crippen LogP contribution in [0.5, 0.6) is 0 Å². The van der Waals surface area contributed by atoms with E-state index >= 15 is 0 Å². The molecule has 2 saturated carbocycles. The summed E-state index contributed by atoms with van der Waals surface area (Å²) >= 11 is 1.84. The average molecular weight is 454 g/mol. The fraction of sp³-hybridized carbons (Fsp3) is 0.739. The zero-order valence-corrected chi connectivity index (χ0v) is 20.4. The third kappa shape index (κ3) is 7.74. The standard InChI is InChI=1S/C23H39N3O2S2/c1-23(2,3)29-25-19-14-12-18(13-15-19)17-24-21-10-7-11-22(16-21)30(27,28)26-20-8-5-4-6-9-20/h7,10-11,16,18-20,24-26H,4-6,8-9,12-15,17H2,1-3H3. The fourth-order valence-corrected chi connectivity index (χ4v) is 6.39. The fourth-order valence-electron chi connectivity index (χ4n) is 4.29. The van der Waals surface area contributed by atoms with Crippen molar-refractivity contribution in [2.45, 2.75) is 100 Å². The molecular weight excluding hydrogens is 414 g/mol. The molecule has 0 amide bonds. The predicted molar refractivity (Wildman–Crippen MR) is 128 cm³/mol. The van der Waals surface area contributed by atoms with Gasteiger partial charge in [-0.25, -0.2) is 13.1 Å². The number of anilines is 1. The molecule has 0 spiro atoms. The number of benzene rings is 1. The molecule has 30 heavy (non-hydrogen) atoms. The van der Waals surface area contributed by atoms with E-state index in [2.05, 4.69) is 35.5 Å². The van der Waals surface area contributed by atoms with Gasteiger partial charge in [0.25, 0.3) is 0 Å². The first kappa shape index (κ1) is 23.9. The molecule has 0 aliphatic heterocycles. The highest BCUT2D eigenvalue weighted by molar-refractivity contribution is 7.98. The molecule has 170 valence electrons. The second-order valence-corrected chi connectivity index (χ2v) is 13.3. The zero-order valence-electron chi connectivity index (χ0n) is 18.7. The molecule has 1 aromatic carbocycles. The quantitative estimate of drug-likeness (QED) is 0.466. The summed E-state index contributed by atoms with van der Waals surface area (Å²) in [7, 11) is -3.45. The first-order chi connectivity index (χ1) is 14.2. The molecule has 5 nitrogen and oxygen atoms in total. The van der Waals surface area contributed by atoms with Gasteiger partial charge in [0.2, 0.25) is 10.0 Å². The number of sulfonamides is 1. The van der Waals surface area contributed by atoms with Gasteiger partial charge in [-0.1, -0.05) is 37.3 Å². The van der Waals surface area contributed by atoms with Crippen LogP contribution < -0.4 is 14.8 Å². The van der Waals surface area contributed by atoms with Crippen molar-refractivity contribution in [3.05, 3.63) is 24.3 Å². The van der Waals surface area contributed by atoms with Crippen molar-refractivity contribution in [3.63, 3.8) is 0 Å². The van der Waals surface area contributed by atoms with Crippen LogP contribution in [-0.2, 0) is 10.0 Å². The Bertz CT molecular complexity index is 763. The summed E-state index contributed by atoms with van der Waals surface area (Å²) in [4.78, 5) is 0.366. The van der Waals surface area contributed by atoms with Crippen molar-refractivity contribution >= 4 is 27.7 Å². The smallest absolute Gasteiger partial charge is 0.240 e. The van der Waals surface area contributed by atoms with Crippen LogP contribution in [0, 0.1) is 5.92 Å². The van der Waals surface area contributed by atoms with Crippen molar-refractivity contribution in [1.82, 2.24) is 9.44 Å². The lowest BCUT2D eigenvalue weighted by Gasteiger charge is -2.31. The number of hydrogen-bond donors (Lipinski definition) is 3. The molecule has 2 fully saturated rings. The Morgan fingerprint density at radius 1 is 0.967 bits per heavy atom. The largest absolute Gasteiger partial charge is 0.385 e. The molecular formula is C23H39N3O2S2. The Balaban J connectivity index is 1.46. The van der Waals surface area contributed by atoms with Gasteiger partial charge < -0.3 is 5.32 Å². The Kier molecular flexibility index (Phi) is 8.53. The molecule has 0 heterocycles. The summed E-state index contributed by atoms with van der Waals surface area (Å²) in [5, 5.41) is 3.48. The van der Waals surface area contributed by atoms with Crippen LogP contribution in [-0.4, -0.2) is 31.8 Å². The van der Waals surface area contributed by atoms with E-state index in [4.69, 9.17) is 0 Å². The summed E-state index contributed by atoms with van der Waals surface area (Å²) in [6.07, 6.45) is 10.2. The molecule has 0 radical (unpaired) electrons. The summed E-state index contributed by atoms with van der Waals surface area (Å²) in [5.74, 6) is 0.642. The lowest BCUT2D eigenvalue weighted by Crippen LogP contribution is -2.36. The van der Waals surface area contributed by atoms with E-state index in [1.54, 1.807) is 12.1 Å². The Labute approximate surface area is 187 Å². The molecule has 1 aromatic rings. The van der Waals surface area contributed by atoms with E-state index in [1.165, 1.54) is 32.1 Å². The van der Waals surface area contributed by atoms with E-state index in [0.29, 0.717) is 16.9 Å². The highest BCUT2D eigenvalue weighted by atomic mass is 32.2. The van der Waals surface area contributed by atoms with Gasteiger partial charge in [0.05, 0.1) is 4.90 Å². The third-order valence-corrected chi connectivity index (χ3v) is 8.63. The zero-order chi connectivity index (χ0) is 21.6. The first-order valence-corrected chi connectivity index (χ1v) is 13.8. The van der Waals surface area contributed by atoms with Crippen molar-refractivity contribution in [1.29, 1.82) is 0 Å². The summed E-state index contributed by atoms with van der Waals surface area (Å²) in [6.45, 7) is 7.61. The van der Waals surface area contributed by atoms with Gasteiger partial charge in [0.15, 0.2) is 0 Å². The number of nitrogens with one attached hydrogen (secondary N) is 3. The van der Waals surface area contributed by atoms with Crippen molar-refractivity contribution < 1.29 is 8.42 Å². The van der Waals surface area contributed by atoms with E-state index in [1.807, 2.05) is 24.1 Å². The van der Waals surface area contributed by atoms with Crippen molar-refractivity contribution in [2.75, 3.05) is 11.9 Å². The highest BCUT2D eigenvalue weighted by Gasteiger charge is 2.24. The maximum Gasteiger partial charge on any atom is 0.240 e. The Hall–Kier alpha value is -0.760. The van der Waals surface area contributed by atoms with E-state index in [0.717, 1.165) is 37.9 Å². The normalized spacial score (nSPS) is 24.0. The lowest BCUT2D eigenvalue weighted by molar-refractivity contribution is 0.328. The average Bonchev–Trinajstić information content (AvgIpc) is 2.72. The van der Waals surface area contributed by atoms with Crippen LogP contribution >= 0.6 is 11.9 Å². The molecule has 3 rings (SSSR count). The van der Waals surface area contributed by atoms with Crippen LogP contribution in [0.25, 0.3) is 0 Å². The van der Waals surface area contributed by atoms with E-state index < -0.39 is 10.0 Å². The second-order valence-electron chi connectivity index (χ2n) is 9.91. The molecule has 0 atom stereocenters. The molecule has 7 heteroatoms. The van der Waals surface area contributed by atoms with Gasteiger partial charge in [0, 0.05) is 29.1 Å². The van der Waals surface area contributed by atoms with Gasteiger partial charge in [-0.3, -0.25) is 4.72 Å². The molecule has 0 saturated heterocycles. The maximum absolute atomic E-state index is 12.8. The maximum atomic E-state index is 12.8. The van der Waals surface area contributed by atoms with Crippen LogP contribution in [0.4, 0.5) is 5.69 Å². The SMILES string of the molecule is CC(C)(C)SNC1CCC(CNc2cccc(S(=O)(=O)NC3CCCCC3)c2)CC1. The van der Waals surface area contributed by atoms with Gasteiger partial charge >= 0.3 is 0 Å². The second kappa shape index (κ2) is 10.7. The predicted octanol–water partition coefficient (Wildman–Crippen LogP) is 5.30. The Morgan fingerprint density at radius 2 is 1.67 bits per heavy atom. The molecule has 0 bridgehead atoms. The summed E-state index contributed by atoms with van der Waals surface area (Å²) < 4.78 is 32.3. The van der Waals surface area contributed by atoms with Crippen molar-refractivity contribution in [2.24, 2.45) is 5.92 Å².